The number of carbonyl (C=O) groups excluding carboxylic acids is 1. The Balaban J connectivity index is 1.57. The third kappa shape index (κ3) is 5.12. The largest absolute Gasteiger partial charge is 0.357 e. The van der Waals surface area contributed by atoms with E-state index in [4.69, 9.17) is 4.99 Å². The van der Waals surface area contributed by atoms with Crippen molar-refractivity contribution in [2.75, 3.05) is 32.7 Å². The molecule has 1 amide bonds. The number of hydrogen-bond donors (Lipinski definition) is 2. The second-order valence-electron chi connectivity index (χ2n) is 7.15. The Morgan fingerprint density at radius 1 is 1.29 bits per heavy atom. The lowest BCUT2D eigenvalue weighted by atomic mass is 9.93. The van der Waals surface area contributed by atoms with Crippen molar-refractivity contribution < 1.29 is 4.79 Å². The number of amides is 1. The van der Waals surface area contributed by atoms with Crippen molar-refractivity contribution in [2.45, 2.75) is 26.3 Å². The van der Waals surface area contributed by atoms with E-state index in [0.717, 1.165) is 32.0 Å². The zero-order valence-corrected chi connectivity index (χ0v) is 16.7. The van der Waals surface area contributed by atoms with Gasteiger partial charge in [-0.05, 0) is 31.4 Å². The minimum Gasteiger partial charge on any atom is -0.357 e. The van der Waals surface area contributed by atoms with Crippen molar-refractivity contribution in [3.05, 3.63) is 54.6 Å². The van der Waals surface area contributed by atoms with Crippen LogP contribution in [0.2, 0.25) is 0 Å². The molecule has 7 heteroatoms. The van der Waals surface area contributed by atoms with E-state index in [1.165, 1.54) is 0 Å². The normalized spacial score (nSPS) is 20.1. The highest BCUT2D eigenvalue weighted by Gasteiger charge is 2.28. The molecule has 0 bridgehead atoms. The lowest BCUT2D eigenvalue weighted by molar-refractivity contribution is 0.0954. The summed E-state index contributed by atoms with van der Waals surface area (Å²) in [6.45, 7) is 8.13. The van der Waals surface area contributed by atoms with Crippen LogP contribution in [-0.4, -0.2) is 59.0 Å². The van der Waals surface area contributed by atoms with E-state index in [-0.39, 0.29) is 5.91 Å². The second kappa shape index (κ2) is 9.92. The van der Waals surface area contributed by atoms with Crippen molar-refractivity contribution in [3.8, 4) is 0 Å². The number of nitrogens with zero attached hydrogens (tertiary/aromatic N) is 4. The Morgan fingerprint density at radius 3 is 2.82 bits per heavy atom. The van der Waals surface area contributed by atoms with Gasteiger partial charge in [0.25, 0.3) is 5.91 Å². The summed E-state index contributed by atoms with van der Waals surface area (Å²) in [6.07, 6.45) is 6.88. The van der Waals surface area contributed by atoms with Gasteiger partial charge in [-0.2, -0.15) is 0 Å². The number of guanidine groups is 1. The molecule has 2 unspecified atom stereocenters. The summed E-state index contributed by atoms with van der Waals surface area (Å²) in [6, 6.07) is 9.65. The highest BCUT2D eigenvalue weighted by atomic mass is 16.1. The molecule has 1 saturated heterocycles. The van der Waals surface area contributed by atoms with Gasteiger partial charge in [0.1, 0.15) is 0 Å². The number of likely N-dealkylation sites (tertiary alicyclic amines) is 1. The Hall–Kier alpha value is -2.83. The summed E-state index contributed by atoms with van der Waals surface area (Å²) in [7, 11) is 0. The number of hydrogen-bond acceptors (Lipinski definition) is 3. The number of piperidine rings is 1. The average Bonchev–Trinajstić information content (AvgIpc) is 3.26. The topological polar surface area (TPSA) is 74.6 Å². The van der Waals surface area contributed by atoms with Crippen LogP contribution in [0.5, 0.6) is 0 Å². The Labute approximate surface area is 166 Å². The van der Waals surface area contributed by atoms with Crippen LogP contribution in [0.3, 0.4) is 0 Å². The molecule has 2 heterocycles. The van der Waals surface area contributed by atoms with Crippen molar-refractivity contribution in [3.63, 3.8) is 0 Å². The zero-order chi connectivity index (χ0) is 19.8. The maximum absolute atomic E-state index is 12.1. The molecule has 2 aromatic rings. The third-order valence-corrected chi connectivity index (χ3v) is 5.16. The van der Waals surface area contributed by atoms with Crippen LogP contribution in [0.25, 0.3) is 0 Å². The Bertz CT molecular complexity index is 758. The van der Waals surface area contributed by atoms with Crippen LogP contribution in [0.1, 0.15) is 36.7 Å². The van der Waals surface area contributed by atoms with Crippen molar-refractivity contribution >= 4 is 11.9 Å². The Kier molecular flexibility index (Phi) is 7.06. The molecule has 1 aromatic carbocycles. The first-order valence-electron chi connectivity index (χ1n) is 10.0. The minimum atomic E-state index is -0.0623. The van der Waals surface area contributed by atoms with Crippen LogP contribution < -0.4 is 10.6 Å². The molecule has 0 spiro atoms. The molecule has 2 atom stereocenters. The van der Waals surface area contributed by atoms with E-state index in [1.807, 2.05) is 49.1 Å². The number of carbonyl (C=O) groups is 1. The highest BCUT2D eigenvalue weighted by molar-refractivity contribution is 5.94. The van der Waals surface area contributed by atoms with Gasteiger partial charge in [-0.25, -0.2) is 4.98 Å². The van der Waals surface area contributed by atoms with Crippen LogP contribution in [0.4, 0.5) is 0 Å². The second-order valence-corrected chi connectivity index (χ2v) is 7.15. The summed E-state index contributed by atoms with van der Waals surface area (Å²) in [5.41, 5.74) is 0.673. The van der Waals surface area contributed by atoms with E-state index in [1.54, 1.807) is 0 Å². The van der Waals surface area contributed by atoms with Gasteiger partial charge in [0.15, 0.2) is 5.96 Å². The first kappa shape index (κ1) is 19.9. The predicted octanol–water partition coefficient (Wildman–Crippen LogP) is 2.16. The molecule has 0 radical (unpaired) electrons. The minimum absolute atomic E-state index is 0.0623. The maximum Gasteiger partial charge on any atom is 0.251 e. The lowest BCUT2D eigenvalue weighted by Crippen LogP contribution is -2.49. The number of aromatic nitrogens is 2. The van der Waals surface area contributed by atoms with Crippen molar-refractivity contribution in [1.29, 1.82) is 0 Å². The summed E-state index contributed by atoms with van der Waals surface area (Å²) in [4.78, 5) is 23.4. The fourth-order valence-electron chi connectivity index (χ4n) is 3.54. The van der Waals surface area contributed by atoms with E-state index in [0.29, 0.717) is 30.6 Å². The molecule has 1 aliphatic rings. The van der Waals surface area contributed by atoms with Gasteiger partial charge in [-0.3, -0.25) is 9.79 Å². The van der Waals surface area contributed by atoms with Gasteiger partial charge in [-0.15, -0.1) is 0 Å². The van der Waals surface area contributed by atoms with E-state index in [9.17, 15) is 4.79 Å². The number of benzene rings is 1. The fourth-order valence-corrected chi connectivity index (χ4v) is 3.54. The van der Waals surface area contributed by atoms with Gasteiger partial charge in [0.2, 0.25) is 0 Å². The number of imidazole rings is 1. The number of rotatable bonds is 6. The number of aliphatic imine (C=N–C) groups is 1. The smallest absolute Gasteiger partial charge is 0.251 e. The summed E-state index contributed by atoms with van der Waals surface area (Å²) in [5.74, 6) is 1.44. The van der Waals surface area contributed by atoms with Gasteiger partial charge in [0.05, 0.1) is 18.9 Å². The monoisotopic (exact) mass is 382 g/mol. The summed E-state index contributed by atoms with van der Waals surface area (Å²) >= 11 is 0. The quantitative estimate of drug-likeness (QED) is 0.456. The standard InChI is InChI=1S/C21H30N6O/c1-3-23-21(25-11-10-24-20(28)18-7-5-4-6-8-18)26-13-9-17(2)19(15-26)27-14-12-22-16-27/h4-8,12,14,16-17,19H,3,9-11,13,15H2,1-2H3,(H,23,25)(H,24,28). The third-order valence-electron chi connectivity index (χ3n) is 5.16. The molecule has 3 rings (SSSR count). The Morgan fingerprint density at radius 2 is 2.11 bits per heavy atom. The van der Waals surface area contributed by atoms with Gasteiger partial charge in [-0.1, -0.05) is 25.1 Å². The van der Waals surface area contributed by atoms with Crippen molar-refractivity contribution in [2.24, 2.45) is 10.9 Å². The van der Waals surface area contributed by atoms with Gasteiger partial charge in [0, 0.05) is 44.1 Å². The summed E-state index contributed by atoms with van der Waals surface area (Å²) < 4.78 is 2.19. The number of nitrogens with one attached hydrogen (secondary N) is 2. The molecule has 1 aliphatic heterocycles. The molecule has 0 saturated carbocycles. The van der Waals surface area contributed by atoms with Crippen LogP contribution in [-0.2, 0) is 0 Å². The van der Waals surface area contributed by atoms with E-state index in [2.05, 4.69) is 38.9 Å². The summed E-state index contributed by atoms with van der Waals surface area (Å²) in [5, 5.41) is 6.32. The van der Waals surface area contributed by atoms with E-state index < -0.39 is 0 Å². The molecule has 1 fully saturated rings. The predicted molar refractivity (Wildman–Crippen MR) is 111 cm³/mol. The molecule has 2 N–H and O–H groups in total. The van der Waals surface area contributed by atoms with Crippen molar-refractivity contribution in [1.82, 2.24) is 25.1 Å². The van der Waals surface area contributed by atoms with Crippen LogP contribution in [0, 0.1) is 5.92 Å². The fraction of sp³-hybridized carbons (Fsp3) is 0.476. The molecule has 28 heavy (non-hydrogen) atoms. The van der Waals surface area contributed by atoms with E-state index >= 15 is 0 Å². The maximum atomic E-state index is 12.1. The highest BCUT2D eigenvalue weighted by Crippen LogP contribution is 2.27. The first-order chi connectivity index (χ1) is 13.7. The molecular weight excluding hydrogens is 352 g/mol. The lowest BCUT2D eigenvalue weighted by Gasteiger charge is -2.39. The van der Waals surface area contributed by atoms with Gasteiger partial charge < -0.3 is 20.1 Å². The molecule has 1 aromatic heterocycles. The average molecular weight is 383 g/mol. The molecule has 0 aliphatic carbocycles. The molecule has 7 nitrogen and oxygen atoms in total. The zero-order valence-electron chi connectivity index (χ0n) is 16.7. The molecule has 150 valence electrons. The van der Waals surface area contributed by atoms with Crippen LogP contribution in [0.15, 0.2) is 54.0 Å². The van der Waals surface area contributed by atoms with Gasteiger partial charge >= 0.3 is 0 Å². The first-order valence-corrected chi connectivity index (χ1v) is 10.0. The molecular formula is C21H30N6O. The SMILES string of the molecule is CCNC(=NCCNC(=O)c1ccccc1)N1CCC(C)C(n2ccnc2)C1. The van der Waals surface area contributed by atoms with Crippen LogP contribution >= 0.6 is 0 Å².